The molecule has 0 atom stereocenters. The summed E-state index contributed by atoms with van der Waals surface area (Å²) in [6.45, 7) is 2.55. The minimum absolute atomic E-state index is 0. The first kappa shape index (κ1) is 24.9. The molecule has 0 aliphatic carbocycles. The van der Waals surface area contributed by atoms with Crippen LogP contribution in [0.15, 0.2) is 72.8 Å². The number of hydrogen-bond acceptors (Lipinski definition) is 4. The Hall–Kier alpha value is -2.71. The van der Waals surface area contributed by atoms with E-state index in [0.29, 0.717) is 5.56 Å². The Morgan fingerprint density at radius 2 is 1.52 bits per heavy atom. The van der Waals surface area contributed by atoms with Crippen molar-refractivity contribution in [1.82, 2.24) is 4.90 Å². The van der Waals surface area contributed by atoms with Gasteiger partial charge >= 0.3 is 24.8 Å². The first-order chi connectivity index (χ1) is 15.5. The molecular weight excluding hydrogens is 409 g/mol. The van der Waals surface area contributed by atoms with Gasteiger partial charge in [-0.25, -0.2) is 4.79 Å². The van der Waals surface area contributed by atoms with E-state index in [9.17, 15) is 9.90 Å². The van der Waals surface area contributed by atoms with Gasteiger partial charge in [0.05, 0.1) is 19.8 Å². The van der Waals surface area contributed by atoms with Crippen LogP contribution in [0.5, 0.6) is 11.5 Å². The summed E-state index contributed by atoms with van der Waals surface area (Å²) in [5.74, 6) is 0.796. The van der Waals surface area contributed by atoms with Crippen LogP contribution in [-0.4, -0.2) is 62.1 Å². The molecule has 1 saturated heterocycles. The molecule has 1 heterocycles. The first-order valence-electron chi connectivity index (χ1n) is 10.9. The third kappa shape index (κ3) is 5.44. The average molecular weight is 439 g/mol. The Balaban J connectivity index is 0.00000306. The molecule has 168 valence electrons. The van der Waals surface area contributed by atoms with Crippen LogP contribution in [0.1, 0.15) is 39.9 Å². The van der Waals surface area contributed by atoms with E-state index < -0.39 is 5.97 Å². The van der Waals surface area contributed by atoms with Crippen molar-refractivity contribution in [2.45, 2.75) is 24.8 Å². The molecule has 0 saturated carbocycles. The van der Waals surface area contributed by atoms with Gasteiger partial charge in [0.2, 0.25) is 0 Å². The number of carboxylic acid groups (broad SMARTS) is 1. The number of likely N-dealkylation sites (tertiary alicyclic amines) is 1. The number of aromatic carboxylic acids is 1. The molecule has 1 fully saturated rings. The van der Waals surface area contributed by atoms with Crippen LogP contribution in [0, 0.1) is 0 Å². The first-order valence-corrected chi connectivity index (χ1v) is 10.9. The van der Waals surface area contributed by atoms with Crippen LogP contribution in [0.2, 0.25) is 0 Å². The molecule has 3 aromatic carbocycles. The van der Waals surface area contributed by atoms with Gasteiger partial charge < -0.3 is 14.6 Å². The van der Waals surface area contributed by atoms with E-state index in [1.165, 1.54) is 11.1 Å². The summed E-state index contributed by atoms with van der Waals surface area (Å²) in [7, 11) is 3.36. The fraction of sp³-hybridized carbons (Fsp3) is 0.296. The summed E-state index contributed by atoms with van der Waals surface area (Å²) in [6, 6.07) is 24.0. The van der Waals surface area contributed by atoms with Gasteiger partial charge in [-0.2, -0.15) is 0 Å². The standard InChI is InChI=1S/C27H29NO4.Li.H/c1-31-24-11-7-22(8-12-24)27(23-9-13-25(32-2)14-10-23)15-4-16-28(19-27)18-20-5-3-6-21(17-20)26(29)30;;/h3,5-14,17H,4,15-16,18-19H2,1-2H3,(H,29,30);;. The number of piperidine rings is 1. The van der Waals surface area contributed by atoms with E-state index in [1.807, 2.05) is 36.4 Å². The molecule has 4 rings (SSSR count). The molecule has 0 spiro atoms. The van der Waals surface area contributed by atoms with Crippen molar-refractivity contribution in [3.8, 4) is 11.5 Å². The molecule has 3 aromatic rings. The van der Waals surface area contributed by atoms with Gasteiger partial charge in [-0.1, -0.05) is 36.4 Å². The summed E-state index contributed by atoms with van der Waals surface area (Å²) < 4.78 is 10.8. The zero-order valence-corrected chi connectivity index (χ0v) is 18.6. The van der Waals surface area contributed by atoms with E-state index in [-0.39, 0.29) is 24.3 Å². The maximum atomic E-state index is 11.4. The summed E-state index contributed by atoms with van der Waals surface area (Å²) in [4.78, 5) is 13.8. The Morgan fingerprint density at radius 3 is 2.03 bits per heavy atom. The molecule has 6 heteroatoms. The van der Waals surface area contributed by atoms with Crippen LogP contribution in [-0.2, 0) is 12.0 Å². The van der Waals surface area contributed by atoms with Gasteiger partial charge in [-0.05, 0) is 72.5 Å². The number of rotatable bonds is 7. The van der Waals surface area contributed by atoms with E-state index in [2.05, 4.69) is 29.2 Å². The van der Waals surface area contributed by atoms with Gasteiger partial charge in [0.25, 0.3) is 0 Å². The normalized spacial score (nSPS) is 15.3. The summed E-state index contributed by atoms with van der Waals surface area (Å²) in [5, 5.41) is 9.35. The Bertz CT molecular complexity index is 1020. The molecule has 5 nitrogen and oxygen atoms in total. The van der Waals surface area contributed by atoms with Crippen LogP contribution in [0.25, 0.3) is 0 Å². The minimum atomic E-state index is -0.892. The fourth-order valence-corrected chi connectivity index (χ4v) is 4.80. The predicted octanol–water partition coefficient (Wildman–Crippen LogP) is 4.34. The molecule has 0 aromatic heterocycles. The molecular formula is C27H30LiNO4. The predicted molar refractivity (Wildman–Crippen MR) is 132 cm³/mol. The number of hydrogen-bond donors (Lipinski definition) is 1. The van der Waals surface area contributed by atoms with Crippen molar-refractivity contribution in [2.24, 2.45) is 0 Å². The zero-order valence-electron chi connectivity index (χ0n) is 18.6. The monoisotopic (exact) mass is 439 g/mol. The van der Waals surface area contributed by atoms with Crippen molar-refractivity contribution >= 4 is 24.8 Å². The number of carboxylic acids is 1. The van der Waals surface area contributed by atoms with Crippen LogP contribution in [0.4, 0.5) is 0 Å². The summed E-state index contributed by atoms with van der Waals surface area (Å²) in [5.41, 5.74) is 3.70. The second-order valence-corrected chi connectivity index (χ2v) is 8.36. The Labute approximate surface area is 207 Å². The van der Waals surface area contributed by atoms with E-state index in [4.69, 9.17) is 9.47 Å². The van der Waals surface area contributed by atoms with Crippen molar-refractivity contribution in [2.75, 3.05) is 27.3 Å². The van der Waals surface area contributed by atoms with Gasteiger partial charge in [0.15, 0.2) is 0 Å². The van der Waals surface area contributed by atoms with Crippen LogP contribution >= 0.6 is 0 Å². The Morgan fingerprint density at radius 1 is 0.939 bits per heavy atom. The van der Waals surface area contributed by atoms with Crippen molar-refractivity contribution in [3.05, 3.63) is 95.1 Å². The molecule has 1 N–H and O–H groups in total. The molecule has 33 heavy (non-hydrogen) atoms. The van der Waals surface area contributed by atoms with E-state index in [0.717, 1.165) is 49.5 Å². The number of benzene rings is 3. The van der Waals surface area contributed by atoms with Crippen molar-refractivity contribution in [1.29, 1.82) is 0 Å². The maximum absolute atomic E-state index is 11.4. The van der Waals surface area contributed by atoms with E-state index >= 15 is 0 Å². The second kappa shape index (κ2) is 10.9. The second-order valence-electron chi connectivity index (χ2n) is 8.36. The van der Waals surface area contributed by atoms with Crippen LogP contribution < -0.4 is 9.47 Å². The van der Waals surface area contributed by atoms with Gasteiger partial charge in [-0.3, -0.25) is 4.90 Å². The summed E-state index contributed by atoms with van der Waals surface area (Å²) >= 11 is 0. The van der Waals surface area contributed by atoms with Crippen LogP contribution in [0.3, 0.4) is 0 Å². The molecule has 0 radical (unpaired) electrons. The zero-order chi connectivity index (χ0) is 22.6. The molecule has 1 aliphatic heterocycles. The number of ether oxygens (including phenoxy) is 2. The van der Waals surface area contributed by atoms with E-state index in [1.54, 1.807) is 26.4 Å². The Kier molecular flexibility index (Phi) is 8.26. The molecule has 0 amide bonds. The molecule has 0 bridgehead atoms. The topological polar surface area (TPSA) is 59.0 Å². The number of methoxy groups -OCH3 is 2. The fourth-order valence-electron chi connectivity index (χ4n) is 4.80. The van der Waals surface area contributed by atoms with Gasteiger partial charge in [0, 0.05) is 18.5 Å². The molecule has 1 aliphatic rings. The SMILES string of the molecule is COc1ccc(C2(c3ccc(OC)cc3)CCCN(Cc3cccc(C(=O)O)c3)C2)cc1.[LiH]. The number of carbonyl (C=O) groups is 1. The van der Waals surface area contributed by atoms with Crippen molar-refractivity contribution < 1.29 is 19.4 Å². The quantitative estimate of drug-likeness (QED) is 0.555. The van der Waals surface area contributed by atoms with Crippen molar-refractivity contribution in [3.63, 3.8) is 0 Å². The third-order valence-electron chi connectivity index (χ3n) is 6.44. The number of nitrogens with zero attached hydrogens (tertiary/aromatic N) is 1. The summed E-state index contributed by atoms with van der Waals surface area (Å²) in [6.07, 6.45) is 2.09. The average Bonchev–Trinajstić information content (AvgIpc) is 2.84. The van der Waals surface area contributed by atoms with Gasteiger partial charge in [0.1, 0.15) is 11.5 Å². The molecule has 0 unspecified atom stereocenters. The van der Waals surface area contributed by atoms with Gasteiger partial charge in [-0.15, -0.1) is 0 Å². The third-order valence-corrected chi connectivity index (χ3v) is 6.44.